The zero-order valence-electron chi connectivity index (χ0n) is 10.1. The first-order valence-corrected chi connectivity index (χ1v) is 5.81. The number of rotatable bonds is 3. The van der Waals surface area contributed by atoms with E-state index in [1.165, 1.54) is 31.4 Å². The minimum absolute atomic E-state index is 0.0729. The van der Waals surface area contributed by atoms with Crippen LogP contribution in [0.1, 0.15) is 10.4 Å². The monoisotopic (exact) mass is 278 g/mol. The molecule has 4 nitrogen and oxygen atoms in total. The molecule has 0 aromatic heterocycles. The van der Waals surface area contributed by atoms with Crippen molar-refractivity contribution in [2.75, 3.05) is 7.11 Å². The summed E-state index contributed by atoms with van der Waals surface area (Å²) in [5.74, 6) is -0.581. The molecule has 0 aliphatic heterocycles. The number of hydrogen-bond donors (Lipinski definition) is 2. The first-order chi connectivity index (χ1) is 9.02. The summed E-state index contributed by atoms with van der Waals surface area (Å²) in [6, 6.07) is 9.02. The molecule has 0 bridgehead atoms. The summed E-state index contributed by atoms with van der Waals surface area (Å²) in [5, 5.41) is 18.9. The van der Waals surface area contributed by atoms with Crippen molar-refractivity contribution < 1.29 is 19.7 Å². The largest absolute Gasteiger partial charge is 0.508 e. The van der Waals surface area contributed by atoms with Gasteiger partial charge in [0, 0.05) is 16.1 Å². The lowest BCUT2D eigenvalue weighted by atomic mass is 10.0. The molecule has 2 aromatic rings. The molecule has 0 fully saturated rings. The average molecular weight is 279 g/mol. The molecule has 0 saturated carbocycles. The Morgan fingerprint density at radius 2 is 1.89 bits per heavy atom. The number of methoxy groups -OCH3 is 1. The number of aromatic hydroxyl groups is 1. The van der Waals surface area contributed by atoms with E-state index in [0.717, 1.165) is 0 Å². The van der Waals surface area contributed by atoms with Crippen LogP contribution in [0, 0.1) is 0 Å². The van der Waals surface area contributed by atoms with Crippen LogP contribution in [0.4, 0.5) is 0 Å². The van der Waals surface area contributed by atoms with Gasteiger partial charge < -0.3 is 14.9 Å². The number of halogens is 1. The maximum Gasteiger partial charge on any atom is 0.335 e. The Balaban J connectivity index is 2.62. The van der Waals surface area contributed by atoms with Crippen LogP contribution in [0.2, 0.25) is 5.02 Å². The van der Waals surface area contributed by atoms with Crippen molar-refractivity contribution in [2.45, 2.75) is 0 Å². The zero-order valence-corrected chi connectivity index (χ0v) is 10.8. The van der Waals surface area contributed by atoms with Crippen molar-refractivity contribution in [2.24, 2.45) is 0 Å². The molecule has 0 unspecified atom stereocenters. The highest BCUT2D eigenvalue weighted by Crippen LogP contribution is 2.37. The number of aromatic carboxylic acids is 1. The van der Waals surface area contributed by atoms with Crippen molar-refractivity contribution >= 4 is 17.6 Å². The normalized spacial score (nSPS) is 10.2. The van der Waals surface area contributed by atoms with Crippen molar-refractivity contribution in [3.63, 3.8) is 0 Å². The van der Waals surface area contributed by atoms with E-state index in [0.29, 0.717) is 21.9 Å². The van der Waals surface area contributed by atoms with Crippen molar-refractivity contribution in [3.05, 3.63) is 47.0 Å². The molecule has 0 aliphatic carbocycles. The van der Waals surface area contributed by atoms with E-state index < -0.39 is 5.97 Å². The van der Waals surface area contributed by atoms with Gasteiger partial charge in [-0.3, -0.25) is 0 Å². The number of carbonyl (C=O) groups is 1. The standard InChI is InChI=1S/C14H11ClO4/c1-19-13-6-8(14(17)18)2-4-10(13)11-7-9(16)3-5-12(11)15/h2-7,16H,1H3,(H,17,18). The molecule has 2 rings (SSSR count). The van der Waals surface area contributed by atoms with Gasteiger partial charge in [0.2, 0.25) is 0 Å². The number of benzene rings is 2. The molecule has 19 heavy (non-hydrogen) atoms. The van der Waals surface area contributed by atoms with E-state index in [9.17, 15) is 9.90 Å². The second-order valence-corrected chi connectivity index (χ2v) is 4.29. The Kier molecular flexibility index (Phi) is 3.62. The molecule has 0 heterocycles. The second kappa shape index (κ2) is 5.20. The fourth-order valence-electron chi connectivity index (χ4n) is 1.77. The van der Waals surface area contributed by atoms with Gasteiger partial charge in [-0.2, -0.15) is 0 Å². The number of hydrogen-bond acceptors (Lipinski definition) is 3. The summed E-state index contributed by atoms with van der Waals surface area (Å²) in [5.41, 5.74) is 1.32. The Morgan fingerprint density at radius 3 is 2.53 bits per heavy atom. The summed E-state index contributed by atoms with van der Waals surface area (Å²) in [4.78, 5) is 10.9. The molecular formula is C14H11ClO4. The molecule has 0 saturated heterocycles. The van der Waals surface area contributed by atoms with E-state index in [4.69, 9.17) is 21.4 Å². The Morgan fingerprint density at radius 1 is 1.16 bits per heavy atom. The maximum atomic E-state index is 10.9. The van der Waals surface area contributed by atoms with E-state index in [1.807, 2.05) is 0 Å². The third-order valence-corrected chi connectivity index (χ3v) is 3.02. The lowest BCUT2D eigenvalue weighted by molar-refractivity contribution is 0.0696. The first-order valence-electron chi connectivity index (χ1n) is 5.43. The summed E-state index contributed by atoms with van der Waals surface area (Å²) in [7, 11) is 1.45. The van der Waals surface area contributed by atoms with Crippen molar-refractivity contribution in [1.82, 2.24) is 0 Å². The lowest BCUT2D eigenvalue weighted by Crippen LogP contribution is -1.98. The molecule has 0 amide bonds. The summed E-state index contributed by atoms with van der Waals surface area (Å²) >= 11 is 6.08. The van der Waals surface area contributed by atoms with Gasteiger partial charge in [0.15, 0.2) is 0 Å². The molecule has 98 valence electrons. The van der Waals surface area contributed by atoms with Crippen LogP contribution < -0.4 is 4.74 Å². The number of phenols is 1. The van der Waals surface area contributed by atoms with Crippen LogP contribution in [-0.2, 0) is 0 Å². The Bertz CT molecular complexity index is 637. The van der Waals surface area contributed by atoms with Crippen LogP contribution >= 0.6 is 11.6 Å². The van der Waals surface area contributed by atoms with E-state index in [2.05, 4.69) is 0 Å². The van der Waals surface area contributed by atoms with Gasteiger partial charge >= 0.3 is 5.97 Å². The quantitative estimate of drug-likeness (QED) is 0.903. The van der Waals surface area contributed by atoms with Gasteiger partial charge in [-0.15, -0.1) is 0 Å². The molecular weight excluding hydrogens is 268 g/mol. The van der Waals surface area contributed by atoms with Gasteiger partial charge in [0.1, 0.15) is 11.5 Å². The fourth-order valence-corrected chi connectivity index (χ4v) is 1.99. The highest BCUT2D eigenvalue weighted by atomic mass is 35.5. The zero-order chi connectivity index (χ0) is 14.0. The smallest absolute Gasteiger partial charge is 0.335 e. The third-order valence-electron chi connectivity index (χ3n) is 2.69. The molecule has 2 aromatic carbocycles. The SMILES string of the molecule is COc1cc(C(=O)O)ccc1-c1cc(O)ccc1Cl. The second-order valence-electron chi connectivity index (χ2n) is 3.88. The Hall–Kier alpha value is -2.20. The minimum Gasteiger partial charge on any atom is -0.508 e. The Labute approximate surface area is 114 Å². The fraction of sp³-hybridized carbons (Fsp3) is 0.0714. The minimum atomic E-state index is -1.04. The van der Waals surface area contributed by atoms with Crippen LogP contribution in [0.5, 0.6) is 11.5 Å². The van der Waals surface area contributed by atoms with E-state index in [1.54, 1.807) is 12.1 Å². The van der Waals surface area contributed by atoms with E-state index >= 15 is 0 Å². The van der Waals surface area contributed by atoms with Crippen LogP contribution in [-0.4, -0.2) is 23.3 Å². The number of carboxylic acids is 1. The predicted octanol–water partition coefficient (Wildman–Crippen LogP) is 3.42. The summed E-state index contributed by atoms with van der Waals surface area (Å²) in [6.07, 6.45) is 0. The van der Waals surface area contributed by atoms with Crippen LogP contribution in [0.25, 0.3) is 11.1 Å². The van der Waals surface area contributed by atoms with Gasteiger partial charge in [-0.05, 0) is 36.4 Å². The van der Waals surface area contributed by atoms with E-state index in [-0.39, 0.29) is 11.3 Å². The lowest BCUT2D eigenvalue weighted by Gasteiger charge is -2.11. The molecule has 2 N–H and O–H groups in total. The summed E-state index contributed by atoms with van der Waals surface area (Å²) in [6.45, 7) is 0. The van der Waals surface area contributed by atoms with Gasteiger partial charge in [0.25, 0.3) is 0 Å². The molecule has 0 aliphatic rings. The number of ether oxygens (including phenoxy) is 1. The molecule has 0 spiro atoms. The van der Waals surface area contributed by atoms with Gasteiger partial charge in [0.05, 0.1) is 12.7 Å². The molecule has 0 radical (unpaired) electrons. The number of phenolic OH excluding ortho intramolecular Hbond substituents is 1. The van der Waals surface area contributed by atoms with Gasteiger partial charge in [-0.1, -0.05) is 11.6 Å². The highest BCUT2D eigenvalue weighted by molar-refractivity contribution is 6.33. The van der Waals surface area contributed by atoms with Crippen LogP contribution in [0.15, 0.2) is 36.4 Å². The average Bonchev–Trinajstić information content (AvgIpc) is 2.40. The molecule has 5 heteroatoms. The molecule has 0 atom stereocenters. The third kappa shape index (κ3) is 2.63. The van der Waals surface area contributed by atoms with Gasteiger partial charge in [-0.25, -0.2) is 4.79 Å². The first kappa shape index (κ1) is 13.2. The van der Waals surface area contributed by atoms with Crippen molar-refractivity contribution in [1.29, 1.82) is 0 Å². The van der Waals surface area contributed by atoms with Crippen molar-refractivity contribution in [3.8, 4) is 22.6 Å². The number of carboxylic acid groups (broad SMARTS) is 1. The van der Waals surface area contributed by atoms with Crippen LogP contribution in [0.3, 0.4) is 0 Å². The highest BCUT2D eigenvalue weighted by Gasteiger charge is 2.13. The maximum absolute atomic E-state index is 10.9. The topological polar surface area (TPSA) is 66.8 Å². The predicted molar refractivity (Wildman–Crippen MR) is 72.1 cm³/mol. The summed E-state index contributed by atoms with van der Waals surface area (Å²) < 4.78 is 5.18.